The molecule has 1 fully saturated rings. The summed E-state index contributed by atoms with van der Waals surface area (Å²) in [6.45, 7) is 3.57. The van der Waals surface area contributed by atoms with Gasteiger partial charge in [-0.1, -0.05) is 0 Å². The Kier molecular flexibility index (Phi) is 3.90. The van der Waals surface area contributed by atoms with Gasteiger partial charge < -0.3 is 10.1 Å². The van der Waals surface area contributed by atoms with Crippen molar-refractivity contribution < 1.29 is 9.53 Å². The Morgan fingerprint density at radius 3 is 2.79 bits per heavy atom. The van der Waals surface area contributed by atoms with Gasteiger partial charge in [0, 0.05) is 13.2 Å². The van der Waals surface area contributed by atoms with Gasteiger partial charge in [0.2, 0.25) is 5.91 Å². The van der Waals surface area contributed by atoms with E-state index in [1.54, 1.807) is 0 Å². The molecular formula is C10H16N2O2. The van der Waals surface area contributed by atoms with Crippen LogP contribution in [0.4, 0.5) is 0 Å². The molecule has 1 amide bonds. The first-order valence-electron chi connectivity index (χ1n) is 5.02. The molecule has 0 aliphatic heterocycles. The molecule has 0 aromatic heterocycles. The zero-order chi connectivity index (χ0) is 10.4. The molecular weight excluding hydrogens is 180 g/mol. The van der Waals surface area contributed by atoms with E-state index in [1.165, 1.54) is 0 Å². The van der Waals surface area contributed by atoms with Gasteiger partial charge in [-0.15, -0.1) is 0 Å². The van der Waals surface area contributed by atoms with Crippen LogP contribution in [-0.2, 0) is 9.53 Å². The fourth-order valence-electron chi connectivity index (χ4n) is 1.47. The molecule has 0 spiro atoms. The van der Waals surface area contributed by atoms with Crippen LogP contribution >= 0.6 is 0 Å². The predicted molar refractivity (Wildman–Crippen MR) is 51.4 cm³/mol. The quantitative estimate of drug-likeness (QED) is 0.662. The second-order valence-corrected chi connectivity index (χ2v) is 3.50. The van der Waals surface area contributed by atoms with Crippen LogP contribution < -0.4 is 5.32 Å². The molecule has 0 unspecified atom stereocenters. The highest BCUT2D eigenvalue weighted by Gasteiger charge is 2.44. The molecule has 0 aromatic carbocycles. The Morgan fingerprint density at radius 2 is 2.36 bits per heavy atom. The zero-order valence-corrected chi connectivity index (χ0v) is 8.51. The van der Waals surface area contributed by atoms with E-state index >= 15 is 0 Å². The molecule has 0 saturated heterocycles. The van der Waals surface area contributed by atoms with Crippen molar-refractivity contribution in [1.82, 2.24) is 5.32 Å². The highest BCUT2D eigenvalue weighted by Crippen LogP contribution is 2.40. The average molecular weight is 196 g/mol. The Hall–Kier alpha value is -1.08. The lowest BCUT2D eigenvalue weighted by Gasteiger charge is -2.33. The first-order valence-corrected chi connectivity index (χ1v) is 5.02. The van der Waals surface area contributed by atoms with E-state index in [2.05, 4.69) is 11.4 Å². The summed E-state index contributed by atoms with van der Waals surface area (Å²) in [4.78, 5) is 11.6. The predicted octanol–water partition coefficient (Wildman–Crippen LogP) is 0.833. The number of ether oxygens (including phenoxy) is 1. The van der Waals surface area contributed by atoms with Gasteiger partial charge in [-0.05, 0) is 26.2 Å². The van der Waals surface area contributed by atoms with Gasteiger partial charge in [-0.25, -0.2) is 0 Å². The van der Waals surface area contributed by atoms with E-state index in [0.717, 1.165) is 6.42 Å². The number of hydrogen-bond acceptors (Lipinski definition) is 3. The van der Waals surface area contributed by atoms with E-state index < -0.39 is 5.41 Å². The lowest BCUT2D eigenvalue weighted by molar-refractivity contribution is -0.131. The summed E-state index contributed by atoms with van der Waals surface area (Å²) in [7, 11) is 0. The van der Waals surface area contributed by atoms with Crippen molar-refractivity contribution in [2.45, 2.75) is 26.2 Å². The molecule has 14 heavy (non-hydrogen) atoms. The third-order valence-corrected chi connectivity index (χ3v) is 2.59. The molecule has 1 saturated carbocycles. The van der Waals surface area contributed by atoms with Crippen LogP contribution in [-0.4, -0.2) is 25.7 Å². The Bertz CT molecular complexity index is 241. The molecule has 4 heteroatoms. The van der Waals surface area contributed by atoms with Crippen LogP contribution in [0.2, 0.25) is 0 Å². The molecule has 0 bridgehead atoms. The minimum Gasteiger partial charge on any atom is -0.380 e. The van der Waals surface area contributed by atoms with Crippen LogP contribution in [0.3, 0.4) is 0 Å². The van der Waals surface area contributed by atoms with Crippen molar-refractivity contribution in [3.05, 3.63) is 0 Å². The summed E-state index contributed by atoms with van der Waals surface area (Å²) >= 11 is 0. The van der Waals surface area contributed by atoms with Crippen molar-refractivity contribution in [3.8, 4) is 6.07 Å². The molecule has 0 radical (unpaired) electrons. The lowest BCUT2D eigenvalue weighted by atomic mass is 9.69. The van der Waals surface area contributed by atoms with E-state index in [1.807, 2.05) is 6.92 Å². The molecule has 1 rings (SSSR count). The fourth-order valence-corrected chi connectivity index (χ4v) is 1.47. The summed E-state index contributed by atoms with van der Waals surface area (Å²) < 4.78 is 5.08. The first-order chi connectivity index (χ1) is 6.75. The molecule has 1 aliphatic rings. The zero-order valence-electron chi connectivity index (χ0n) is 8.51. The number of nitrogens with zero attached hydrogens (tertiary/aromatic N) is 1. The van der Waals surface area contributed by atoms with Crippen molar-refractivity contribution in [1.29, 1.82) is 5.26 Å². The first kappa shape index (κ1) is 11.0. The molecule has 0 aromatic rings. The Morgan fingerprint density at radius 1 is 1.64 bits per heavy atom. The Balaban J connectivity index is 2.24. The molecule has 78 valence electrons. The van der Waals surface area contributed by atoms with Crippen LogP contribution in [0.25, 0.3) is 0 Å². The number of amides is 1. The maximum Gasteiger partial charge on any atom is 0.240 e. The largest absolute Gasteiger partial charge is 0.380 e. The second-order valence-electron chi connectivity index (χ2n) is 3.50. The average Bonchev–Trinajstić information content (AvgIpc) is 2.12. The summed E-state index contributed by atoms with van der Waals surface area (Å²) in [6.07, 6.45) is 2.38. The molecule has 0 atom stereocenters. The van der Waals surface area contributed by atoms with E-state index in [0.29, 0.717) is 32.6 Å². The third kappa shape index (κ3) is 2.24. The fraction of sp³-hybridized carbons (Fsp3) is 0.800. The van der Waals surface area contributed by atoms with Crippen molar-refractivity contribution in [3.63, 3.8) is 0 Å². The van der Waals surface area contributed by atoms with Gasteiger partial charge in [-0.3, -0.25) is 4.79 Å². The van der Waals surface area contributed by atoms with Crippen LogP contribution in [0, 0.1) is 16.7 Å². The number of nitriles is 1. The normalized spacial score (nSPS) is 18.0. The van der Waals surface area contributed by atoms with Crippen molar-refractivity contribution >= 4 is 5.91 Å². The summed E-state index contributed by atoms with van der Waals surface area (Å²) in [5, 5.41) is 11.6. The van der Waals surface area contributed by atoms with Gasteiger partial charge >= 0.3 is 0 Å². The third-order valence-electron chi connectivity index (χ3n) is 2.59. The van der Waals surface area contributed by atoms with Gasteiger partial charge in [0.05, 0.1) is 12.7 Å². The molecule has 1 aliphatic carbocycles. The summed E-state index contributed by atoms with van der Waals surface area (Å²) in [5.41, 5.74) is -0.730. The highest BCUT2D eigenvalue weighted by molar-refractivity contribution is 5.86. The molecule has 1 N–H and O–H groups in total. The van der Waals surface area contributed by atoms with Crippen molar-refractivity contribution in [2.75, 3.05) is 19.8 Å². The maximum absolute atomic E-state index is 11.6. The lowest BCUT2D eigenvalue weighted by Crippen LogP contribution is -2.45. The SMILES string of the molecule is CCOCCNC(=O)C1(C#N)CCC1. The smallest absolute Gasteiger partial charge is 0.240 e. The molecule has 0 heterocycles. The van der Waals surface area contributed by atoms with Crippen LogP contribution in [0.1, 0.15) is 26.2 Å². The standard InChI is InChI=1S/C10H16N2O2/c1-2-14-7-6-12-9(13)10(8-11)4-3-5-10/h2-7H2,1H3,(H,12,13). The van der Waals surface area contributed by atoms with Gasteiger partial charge in [-0.2, -0.15) is 5.26 Å². The van der Waals surface area contributed by atoms with Crippen molar-refractivity contribution in [2.24, 2.45) is 5.41 Å². The number of carbonyl (C=O) groups is 1. The molecule has 4 nitrogen and oxygen atoms in total. The van der Waals surface area contributed by atoms with E-state index in [-0.39, 0.29) is 5.91 Å². The number of rotatable bonds is 5. The number of nitrogens with one attached hydrogen (secondary N) is 1. The summed E-state index contributed by atoms with van der Waals surface area (Å²) in [6, 6.07) is 2.10. The van der Waals surface area contributed by atoms with E-state index in [9.17, 15) is 4.79 Å². The number of carbonyl (C=O) groups excluding carboxylic acids is 1. The minimum atomic E-state index is -0.730. The maximum atomic E-state index is 11.6. The monoisotopic (exact) mass is 196 g/mol. The van der Waals surface area contributed by atoms with Crippen LogP contribution in [0.15, 0.2) is 0 Å². The minimum absolute atomic E-state index is 0.133. The van der Waals surface area contributed by atoms with Crippen LogP contribution in [0.5, 0.6) is 0 Å². The van der Waals surface area contributed by atoms with E-state index in [4.69, 9.17) is 10.00 Å². The Labute approximate surface area is 84.2 Å². The van der Waals surface area contributed by atoms with Gasteiger partial charge in [0.1, 0.15) is 5.41 Å². The van der Waals surface area contributed by atoms with Gasteiger partial charge in [0.15, 0.2) is 0 Å². The summed E-state index contributed by atoms with van der Waals surface area (Å²) in [5.74, 6) is -0.133. The number of hydrogen-bond donors (Lipinski definition) is 1. The highest BCUT2D eigenvalue weighted by atomic mass is 16.5. The van der Waals surface area contributed by atoms with Gasteiger partial charge in [0.25, 0.3) is 0 Å². The topological polar surface area (TPSA) is 62.1 Å². The second kappa shape index (κ2) is 4.97.